The fourth-order valence-electron chi connectivity index (χ4n) is 0.794. The molecule has 0 fully saturated rings. The zero-order valence-corrected chi connectivity index (χ0v) is 7.74. The van der Waals surface area contributed by atoms with E-state index in [1.807, 2.05) is 0 Å². The van der Waals surface area contributed by atoms with Gasteiger partial charge in [0.2, 0.25) is 0 Å². The van der Waals surface area contributed by atoms with E-state index in [0.717, 1.165) is 5.56 Å². The van der Waals surface area contributed by atoms with E-state index in [-0.39, 0.29) is 6.42 Å². The van der Waals surface area contributed by atoms with Crippen LogP contribution in [0.15, 0.2) is 21.4 Å². The molecular weight excluding hydrogens is 226 g/mol. The third-order valence-corrected chi connectivity index (χ3v) is 1.81. The van der Waals surface area contributed by atoms with Crippen LogP contribution in [0.4, 0.5) is 0 Å². The number of aliphatic carboxylic acids is 1. The molecule has 0 bridgehead atoms. The predicted octanol–water partition coefficient (Wildman–Crippen LogP) is 0.997. The zero-order valence-electron chi connectivity index (χ0n) is 6.16. The molecule has 1 rings (SSSR count). The van der Waals surface area contributed by atoms with Crippen molar-refractivity contribution in [2.75, 3.05) is 0 Å². The van der Waals surface area contributed by atoms with Gasteiger partial charge in [-0.3, -0.25) is 4.79 Å². The summed E-state index contributed by atoms with van der Waals surface area (Å²) >= 11 is 3.10. The lowest BCUT2D eigenvalue weighted by atomic mass is 10.1. The molecule has 0 aliphatic carbocycles. The first kappa shape index (κ1) is 9.28. The number of hydrogen-bond acceptors (Lipinski definition) is 3. The quantitative estimate of drug-likeness (QED) is 0.817. The molecule has 0 amide bonds. The van der Waals surface area contributed by atoms with Crippen molar-refractivity contribution in [3.63, 3.8) is 0 Å². The maximum atomic E-state index is 10.3. The third kappa shape index (κ3) is 2.35. The van der Waals surface area contributed by atoms with Crippen LogP contribution in [0.3, 0.4) is 0 Å². The molecule has 0 aliphatic heterocycles. The van der Waals surface area contributed by atoms with E-state index in [2.05, 4.69) is 15.9 Å². The number of rotatable bonds is 3. The van der Waals surface area contributed by atoms with Crippen LogP contribution in [-0.4, -0.2) is 17.1 Å². The summed E-state index contributed by atoms with van der Waals surface area (Å²) < 4.78 is 5.49. The van der Waals surface area contributed by atoms with Crippen LogP contribution >= 0.6 is 15.9 Å². The standard InChI is InChI=1S/C7H8BrNO3/c8-6-2-4(3-12-6)1-5(9)7(10)11/h2-3,5H,1,9H2,(H,10,11)/t5-/m0/s1. The van der Waals surface area contributed by atoms with Gasteiger partial charge in [0.05, 0.1) is 6.26 Å². The van der Waals surface area contributed by atoms with Gasteiger partial charge >= 0.3 is 5.97 Å². The van der Waals surface area contributed by atoms with Crippen molar-refractivity contribution in [2.24, 2.45) is 5.73 Å². The minimum absolute atomic E-state index is 0.282. The van der Waals surface area contributed by atoms with Gasteiger partial charge in [-0.2, -0.15) is 0 Å². The second kappa shape index (κ2) is 3.73. The highest BCUT2D eigenvalue weighted by atomic mass is 79.9. The highest BCUT2D eigenvalue weighted by molar-refractivity contribution is 9.10. The number of halogens is 1. The topological polar surface area (TPSA) is 76.5 Å². The number of furan rings is 1. The van der Waals surface area contributed by atoms with Gasteiger partial charge < -0.3 is 15.3 Å². The van der Waals surface area contributed by atoms with Gasteiger partial charge in [-0.25, -0.2) is 0 Å². The summed E-state index contributed by atoms with van der Waals surface area (Å²) in [6.07, 6.45) is 1.76. The largest absolute Gasteiger partial charge is 0.480 e. The second-order valence-corrected chi connectivity index (χ2v) is 3.19. The summed E-state index contributed by atoms with van der Waals surface area (Å²) in [5, 5.41) is 8.48. The van der Waals surface area contributed by atoms with Crippen LogP contribution in [0.25, 0.3) is 0 Å². The molecule has 0 spiro atoms. The molecule has 1 aromatic heterocycles. The summed E-state index contributed by atoms with van der Waals surface area (Å²) in [5.41, 5.74) is 6.08. The van der Waals surface area contributed by atoms with E-state index >= 15 is 0 Å². The first-order chi connectivity index (χ1) is 5.59. The Morgan fingerprint density at radius 1 is 1.83 bits per heavy atom. The molecule has 0 saturated heterocycles. The average molecular weight is 234 g/mol. The van der Waals surface area contributed by atoms with E-state index in [9.17, 15) is 4.79 Å². The summed E-state index contributed by atoms with van der Waals surface area (Å²) in [6.45, 7) is 0. The Morgan fingerprint density at radius 3 is 2.92 bits per heavy atom. The van der Waals surface area contributed by atoms with Crippen molar-refractivity contribution in [1.82, 2.24) is 0 Å². The van der Waals surface area contributed by atoms with Crippen molar-refractivity contribution in [2.45, 2.75) is 12.5 Å². The first-order valence-corrected chi connectivity index (χ1v) is 4.10. The van der Waals surface area contributed by atoms with Gasteiger partial charge in [0.1, 0.15) is 6.04 Å². The molecule has 5 heteroatoms. The highest BCUT2D eigenvalue weighted by Crippen LogP contribution is 2.14. The fraction of sp³-hybridized carbons (Fsp3) is 0.286. The Kier molecular flexibility index (Phi) is 2.88. The molecule has 0 aromatic carbocycles. The van der Waals surface area contributed by atoms with Crippen LogP contribution in [-0.2, 0) is 11.2 Å². The molecule has 0 unspecified atom stereocenters. The van der Waals surface area contributed by atoms with Gasteiger partial charge in [-0.05, 0) is 27.6 Å². The van der Waals surface area contributed by atoms with E-state index in [4.69, 9.17) is 15.3 Å². The highest BCUT2D eigenvalue weighted by Gasteiger charge is 2.13. The molecule has 0 radical (unpaired) electrons. The molecule has 0 aliphatic rings. The normalized spacial score (nSPS) is 12.8. The van der Waals surface area contributed by atoms with Gasteiger partial charge in [0.15, 0.2) is 4.67 Å². The summed E-state index contributed by atoms with van der Waals surface area (Å²) in [5.74, 6) is -1.01. The zero-order chi connectivity index (χ0) is 9.14. The fourth-order valence-corrected chi connectivity index (χ4v) is 1.18. The van der Waals surface area contributed by atoms with Crippen molar-refractivity contribution in [1.29, 1.82) is 0 Å². The summed E-state index contributed by atoms with van der Waals surface area (Å²) in [4.78, 5) is 10.3. The minimum Gasteiger partial charge on any atom is -0.480 e. The lowest BCUT2D eigenvalue weighted by Crippen LogP contribution is -2.32. The molecule has 1 heterocycles. The Bertz CT molecular complexity index is 284. The lowest BCUT2D eigenvalue weighted by Gasteiger charge is -2.01. The van der Waals surface area contributed by atoms with Crippen molar-refractivity contribution in [3.8, 4) is 0 Å². The van der Waals surface area contributed by atoms with Gasteiger partial charge in [0, 0.05) is 6.42 Å². The monoisotopic (exact) mass is 233 g/mol. The second-order valence-electron chi connectivity index (χ2n) is 2.41. The lowest BCUT2D eigenvalue weighted by molar-refractivity contribution is -0.138. The minimum atomic E-state index is -1.01. The van der Waals surface area contributed by atoms with Crippen molar-refractivity contribution < 1.29 is 14.3 Å². The van der Waals surface area contributed by atoms with E-state index in [0.29, 0.717) is 4.67 Å². The molecular formula is C7H8BrNO3. The molecule has 1 aromatic rings. The number of carbonyl (C=O) groups is 1. The van der Waals surface area contributed by atoms with E-state index < -0.39 is 12.0 Å². The summed E-state index contributed by atoms with van der Waals surface area (Å²) in [6, 6.07) is 0.831. The maximum absolute atomic E-state index is 10.3. The smallest absolute Gasteiger partial charge is 0.320 e. The van der Waals surface area contributed by atoms with E-state index in [1.54, 1.807) is 6.07 Å². The predicted molar refractivity (Wildman–Crippen MR) is 45.7 cm³/mol. The van der Waals surface area contributed by atoms with Crippen LogP contribution in [0.1, 0.15) is 5.56 Å². The molecule has 0 saturated carbocycles. The number of nitrogens with two attached hydrogens (primary N) is 1. The Balaban J connectivity index is 2.58. The molecule has 12 heavy (non-hydrogen) atoms. The van der Waals surface area contributed by atoms with Crippen molar-refractivity contribution >= 4 is 21.9 Å². The number of hydrogen-bond donors (Lipinski definition) is 2. The van der Waals surface area contributed by atoms with Gasteiger partial charge in [0.25, 0.3) is 0 Å². The van der Waals surface area contributed by atoms with Crippen LogP contribution in [0, 0.1) is 0 Å². The number of carboxylic acids is 1. The summed E-state index contributed by atoms with van der Waals surface area (Å²) in [7, 11) is 0. The maximum Gasteiger partial charge on any atom is 0.320 e. The Morgan fingerprint density at radius 2 is 2.50 bits per heavy atom. The van der Waals surface area contributed by atoms with Gasteiger partial charge in [-0.15, -0.1) is 0 Å². The van der Waals surface area contributed by atoms with Crippen LogP contribution in [0.5, 0.6) is 0 Å². The molecule has 4 nitrogen and oxygen atoms in total. The molecule has 66 valence electrons. The van der Waals surface area contributed by atoms with Gasteiger partial charge in [-0.1, -0.05) is 0 Å². The number of carboxylic acid groups (broad SMARTS) is 1. The molecule has 3 N–H and O–H groups in total. The van der Waals surface area contributed by atoms with E-state index in [1.165, 1.54) is 6.26 Å². The Hall–Kier alpha value is -0.810. The van der Waals surface area contributed by atoms with Crippen LogP contribution < -0.4 is 5.73 Å². The average Bonchev–Trinajstić information content (AvgIpc) is 2.35. The Labute approximate surface area is 77.5 Å². The third-order valence-electron chi connectivity index (χ3n) is 1.39. The van der Waals surface area contributed by atoms with Crippen molar-refractivity contribution in [3.05, 3.63) is 22.6 Å². The molecule has 1 atom stereocenters. The van der Waals surface area contributed by atoms with Crippen LogP contribution in [0.2, 0.25) is 0 Å². The first-order valence-electron chi connectivity index (χ1n) is 3.31. The SMILES string of the molecule is N[C@@H](Cc1coc(Br)c1)C(=O)O.